The second-order valence-electron chi connectivity index (χ2n) is 3.44. The molecule has 3 atom stereocenters. The van der Waals surface area contributed by atoms with Crippen LogP contribution in [0.5, 0.6) is 0 Å². The van der Waals surface area contributed by atoms with E-state index in [0.717, 1.165) is 12.0 Å². The van der Waals surface area contributed by atoms with Crippen LogP contribution < -0.4 is 5.73 Å². The molecule has 1 saturated carbocycles. The summed E-state index contributed by atoms with van der Waals surface area (Å²) in [5.41, 5.74) is 6.47. The highest BCUT2D eigenvalue weighted by atomic mass is 19.2. The highest BCUT2D eigenvalue weighted by Gasteiger charge is 2.37. The molecule has 0 bridgehead atoms. The molecule has 12 heavy (non-hydrogen) atoms. The first-order valence-electron chi connectivity index (χ1n) is 4.15. The third-order valence-corrected chi connectivity index (χ3v) is 2.43. The number of hydrogen-bond donors (Lipinski definition) is 1. The molecular formula is C9H11F2N. The predicted molar refractivity (Wildman–Crippen MR) is 42.9 cm³/mol. The van der Waals surface area contributed by atoms with Gasteiger partial charge in [0.15, 0.2) is 6.17 Å². The minimum atomic E-state index is -1.43. The molecule has 2 N–H and O–H groups in total. The fourth-order valence-corrected chi connectivity index (χ4v) is 1.52. The Balaban J connectivity index is 2.10. The second-order valence-corrected chi connectivity index (χ2v) is 3.44. The summed E-state index contributed by atoms with van der Waals surface area (Å²) >= 11 is 0. The van der Waals surface area contributed by atoms with Crippen molar-refractivity contribution < 1.29 is 8.78 Å². The van der Waals surface area contributed by atoms with Gasteiger partial charge in [-0.15, -0.1) is 0 Å². The molecule has 3 heteroatoms. The number of allylic oxidation sites excluding steroid dienone is 3. The van der Waals surface area contributed by atoms with Crippen molar-refractivity contribution in [2.24, 2.45) is 11.7 Å². The van der Waals surface area contributed by atoms with Gasteiger partial charge >= 0.3 is 0 Å². The number of alkyl halides is 1. The normalized spacial score (nSPS) is 40.4. The first kappa shape index (κ1) is 7.92. The highest BCUT2D eigenvalue weighted by molar-refractivity contribution is 5.34. The molecule has 0 heterocycles. The van der Waals surface area contributed by atoms with E-state index in [1.165, 1.54) is 6.08 Å². The van der Waals surface area contributed by atoms with Crippen LogP contribution in [-0.2, 0) is 0 Å². The van der Waals surface area contributed by atoms with Gasteiger partial charge in [0.2, 0.25) is 0 Å². The molecule has 0 saturated heterocycles. The van der Waals surface area contributed by atoms with Crippen LogP contribution >= 0.6 is 0 Å². The topological polar surface area (TPSA) is 26.0 Å². The predicted octanol–water partition coefficient (Wildman–Crippen LogP) is 1.86. The Morgan fingerprint density at radius 2 is 2.17 bits per heavy atom. The maximum atomic E-state index is 12.7. The molecule has 1 nitrogen and oxygen atoms in total. The third kappa shape index (κ3) is 1.29. The van der Waals surface area contributed by atoms with Crippen molar-refractivity contribution in [3.05, 3.63) is 23.6 Å². The van der Waals surface area contributed by atoms with Crippen LogP contribution in [0.1, 0.15) is 12.8 Å². The van der Waals surface area contributed by atoms with Gasteiger partial charge in [0, 0.05) is 18.4 Å². The molecule has 0 amide bonds. The third-order valence-electron chi connectivity index (χ3n) is 2.43. The minimum absolute atomic E-state index is 0.163. The van der Waals surface area contributed by atoms with E-state index < -0.39 is 12.0 Å². The lowest BCUT2D eigenvalue weighted by atomic mass is 10.0. The second kappa shape index (κ2) is 2.66. The molecule has 3 unspecified atom stereocenters. The van der Waals surface area contributed by atoms with E-state index in [1.807, 2.05) is 0 Å². The number of nitrogens with two attached hydrogens (primary N) is 1. The summed E-state index contributed by atoms with van der Waals surface area (Å²) in [6.07, 6.45) is 2.70. The van der Waals surface area contributed by atoms with Gasteiger partial charge in [-0.1, -0.05) is 6.08 Å². The van der Waals surface area contributed by atoms with Gasteiger partial charge in [0.1, 0.15) is 5.83 Å². The van der Waals surface area contributed by atoms with Gasteiger partial charge in [0.25, 0.3) is 0 Å². The van der Waals surface area contributed by atoms with Crippen LogP contribution in [0, 0.1) is 5.92 Å². The van der Waals surface area contributed by atoms with Gasteiger partial charge in [0.05, 0.1) is 0 Å². The van der Waals surface area contributed by atoms with Crippen molar-refractivity contribution in [2.75, 3.05) is 0 Å². The van der Waals surface area contributed by atoms with E-state index in [2.05, 4.69) is 0 Å². The average molecular weight is 171 g/mol. The van der Waals surface area contributed by atoms with Crippen LogP contribution in [-0.4, -0.2) is 12.2 Å². The molecule has 0 spiro atoms. The zero-order chi connectivity index (χ0) is 8.72. The SMILES string of the molecule is NC1CC1C1=CCC(F)C(F)=C1. The average Bonchev–Trinajstić information content (AvgIpc) is 2.73. The molecule has 1 fully saturated rings. The Hall–Kier alpha value is -0.700. The summed E-state index contributed by atoms with van der Waals surface area (Å²) in [5.74, 6) is -0.366. The van der Waals surface area contributed by atoms with Gasteiger partial charge in [-0.3, -0.25) is 0 Å². The van der Waals surface area contributed by atoms with Gasteiger partial charge in [-0.25, -0.2) is 8.78 Å². The summed E-state index contributed by atoms with van der Waals surface area (Å²) in [4.78, 5) is 0. The Labute approximate surface area is 69.9 Å². The lowest BCUT2D eigenvalue weighted by molar-refractivity contribution is 0.324. The molecule has 2 aliphatic rings. The largest absolute Gasteiger partial charge is 0.327 e. The quantitative estimate of drug-likeness (QED) is 0.640. The summed E-state index contributed by atoms with van der Waals surface area (Å²) in [5, 5.41) is 0. The molecule has 0 aliphatic heterocycles. The van der Waals surface area contributed by atoms with Crippen molar-refractivity contribution in [3.8, 4) is 0 Å². The van der Waals surface area contributed by atoms with Crippen molar-refractivity contribution in [1.82, 2.24) is 0 Å². The monoisotopic (exact) mass is 171 g/mol. The number of hydrogen-bond acceptors (Lipinski definition) is 1. The summed E-state index contributed by atoms with van der Waals surface area (Å²) < 4.78 is 25.4. The lowest BCUT2D eigenvalue weighted by Gasteiger charge is -2.11. The van der Waals surface area contributed by atoms with E-state index in [0.29, 0.717) is 0 Å². The standard InChI is InChI=1S/C9H11F2N/c10-7-2-1-5(3-8(7)11)6-4-9(6)12/h1,3,6-7,9H,2,4,12H2. The maximum absolute atomic E-state index is 12.7. The molecule has 0 aromatic rings. The van der Waals surface area contributed by atoms with Crippen LogP contribution in [0.15, 0.2) is 23.6 Å². The molecule has 66 valence electrons. The molecule has 0 aromatic carbocycles. The smallest absolute Gasteiger partial charge is 0.155 e. The minimum Gasteiger partial charge on any atom is -0.327 e. The van der Waals surface area contributed by atoms with E-state index in [1.54, 1.807) is 6.08 Å². The molecule has 0 radical (unpaired) electrons. The summed E-state index contributed by atoms with van der Waals surface area (Å²) in [6, 6.07) is 0.163. The molecule has 2 rings (SSSR count). The number of rotatable bonds is 1. The van der Waals surface area contributed by atoms with Crippen LogP contribution in [0.2, 0.25) is 0 Å². The Morgan fingerprint density at radius 3 is 2.67 bits per heavy atom. The van der Waals surface area contributed by atoms with Crippen molar-refractivity contribution >= 4 is 0 Å². The van der Waals surface area contributed by atoms with E-state index in [9.17, 15) is 8.78 Å². The van der Waals surface area contributed by atoms with Crippen LogP contribution in [0.3, 0.4) is 0 Å². The Kier molecular flexibility index (Phi) is 1.76. The zero-order valence-electron chi connectivity index (χ0n) is 6.63. The first-order chi connectivity index (χ1) is 5.68. The van der Waals surface area contributed by atoms with Crippen LogP contribution in [0.4, 0.5) is 8.78 Å². The first-order valence-corrected chi connectivity index (χ1v) is 4.15. The highest BCUT2D eigenvalue weighted by Crippen LogP contribution is 2.39. The van der Waals surface area contributed by atoms with Crippen molar-refractivity contribution in [3.63, 3.8) is 0 Å². The lowest BCUT2D eigenvalue weighted by Crippen LogP contribution is -2.08. The molecule has 0 aromatic heterocycles. The molecule has 2 aliphatic carbocycles. The summed E-state index contributed by atoms with van der Waals surface area (Å²) in [6.45, 7) is 0. The number of halogens is 2. The van der Waals surface area contributed by atoms with E-state index >= 15 is 0 Å². The van der Waals surface area contributed by atoms with Crippen LogP contribution in [0.25, 0.3) is 0 Å². The van der Waals surface area contributed by atoms with Gasteiger partial charge in [-0.2, -0.15) is 0 Å². The van der Waals surface area contributed by atoms with Crippen molar-refractivity contribution in [1.29, 1.82) is 0 Å². The molecular weight excluding hydrogens is 160 g/mol. The van der Waals surface area contributed by atoms with Gasteiger partial charge < -0.3 is 5.73 Å². The fourth-order valence-electron chi connectivity index (χ4n) is 1.52. The summed E-state index contributed by atoms with van der Waals surface area (Å²) in [7, 11) is 0. The maximum Gasteiger partial charge on any atom is 0.155 e. The fraction of sp³-hybridized carbons (Fsp3) is 0.556. The zero-order valence-corrected chi connectivity index (χ0v) is 6.63. The Bertz CT molecular complexity index is 257. The van der Waals surface area contributed by atoms with E-state index in [-0.39, 0.29) is 18.4 Å². The van der Waals surface area contributed by atoms with E-state index in [4.69, 9.17) is 5.73 Å². The Morgan fingerprint density at radius 1 is 1.50 bits per heavy atom. The van der Waals surface area contributed by atoms with Gasteiger partial charge in [-0.05, 0) is 18.1 Å². The van der Waals surface area contributed by atoms with Crippen molar-refractivity contribution in [2.45, 2.75) is 25.1 Å².